The minimum atomic E-state index is -0.552. The summed E-state index contributed by atoms with van der Waals surface area (Å²) in [6.45, 7) is 5.70. The van der Waals surface area contributed by atoms with Crippen molar-refractivity contribution >= 4 is 5.91 Å². The lowest BCUT2D eigenvalue weighted by Gasteiger charge is -2.31. The lowest BCUT2D eigenvalue weighted by Crippen LogP contribution is -2.46. The van der Waals surface area contributed by atoms with E-state index in [-0.39, 0.29) is 29.9 Å². The van der Waals surface area contributed by atoms with Gasteiger partial charge in [0.05, 0.1) is 37.7 Å². The Morgan fingerprint density at radius 3 is 2.93 bits per heavy atom. The molecule has 0 radical (unpaired) electrons. The fraction of sp³-hybridized carbons (Fsp3) is 0.500. The largest absolute Gasteiger partial charge is 0.379 e. The van der Waals surface area contributed by atoms with Crippen LogP contribution >= 0.6 is 0 Å². The van der Waals surface area contributed by atoms with E-state index in [0.29, 0.717) is 32.8 Å². The first-order chi connectivity index (χ1) is 13.5. The highest BCUT2D eigenvalue weighted by Gasteiger charge is 2.35. The summed E-state index contributed by atoms with van der Waals surface area (Å²) in [5.41, 5.74) is 2.13. The number of hydrogen-bond acceptors (Lipinski definition) is 4. The maximum Gasteiger partial charge on any atom is 0.227 e. The fourth-order valence-corrected chi connectivity index (χ4v) is 4.02. The zero-order valence-corrected chi connectivity index (χ0v) is 15.8. The van der Waals surface area contributed by atoms with Crippen LogP contribution in [0.25, 0.3) is 0 Å². The Morgan fingerprint density at radius 1 is 1.29 bits per heavy atom. The third-order valence-corrected chi connectivity index (χ3v) is 5.57. The number of rotatable bonds is 4. The van der Waals surface area contributed by atoms with Crippen molar-refractivity contribution in [3.05, 3.63) is 53.1 Å². The molecule has 2 fully saturated rings. The lowest BCUT2D eigenvalue weighted by molar-refractivity contribution is -0.132. The maximum absolute atomic E-state index is 13.9. The molecule has 2 aliphatic rings. The molecule has 4 rings (SSSR count). The second-order valence-electron chi connectivity index (χ2n) is 7.67. The predicted octanol–water partition coefficient (Wildman–Crippen LogP) is 1.90. The Morgan fingerprint density at radius 2 is 2.14 bits per heavy atom. The molecule has 1 aromatic heterocycles. The summed E-state index contributed by atoms with van der Waals surface area (Å²) in [4.78, 5) is 24.4. The molecule has 1 amide bonds. The summed E-state index contributed by atoms with van der Waals surface area (Å²) in [7, 11) is 0. The Balaban J connectivity index is 1.49. The molecule has 2 atom stereocenters. The van der Waals surface area contributed by atoms with Gasteiger partial charge in [-0.3, -0.25) is 9.69 Å². The zero-order valence-electron chi connectivity index (χ0n) is 15.8. The summed E-state index contributed by atoms with van der Waals surface area (Å²) in [6.07, 6.45) is 1.55. The summed E-state index contributed by atoms with van der Waals surface area (Å²) in [6, 6.07) is 3.27. The number of aromatic amines is 1. The summed E-state index contributed by atoms with van der Waals surface area (Å²) < 4.78 is 33.2. The number of carbonyl (C=O) groups excluding carboxylic acids is 1. The molecule has 8 heteroatoms. The van der Waals surface area contributed by atoms with E-state index in [4.69, 9.17) is 4.74 Å². The van der Waals surface area contributed by atoms with E-state index in [0.717, 1.165) is 36.1 Å². The Bertz CT molecular complexity index is 856. The van der Waals surface area contributed by atoms with Crippen molar-refractivity contribution in [2.24, 2.45) is 5.92 Å². The van der Waals surface area contributed by atoms with Gasteiger partial charge in [-0.2, -0.15) is 0 Å². The standard InChI is InChI=1S/C20H24F2N4O2/c1-13-19(24-12-23-13)9-25-6-14-7-26(8-17(25)11-28-10-14)20(27)5-15-4-16(21)2-3-18(15)22/h2-4,12,14,17H,5-11H2,1H3,(H,23,24)/t14-,17+/m1/s1. The van der Waals surface area contributed by atoms with E-state index in [1.165, 1.54) is 0 Å². The number of nitrogens with one attached hydrogen (secondary N) is 1. The van der Waals surface area contributed by atoms with Crippen LogP contribution < -0.4 is 0 Å². The Kier molecular flexibility index (Phi) is 5.41. The van der Waals surface area contributed by atoms with Crippen LogP contribution in [-0.2, 0) is 22.5 Å². The van der Waals surface area contributed by atoms with Crippen LogP contribution in [0.3, 0.4) is 0 Å². The van der Waals surface area contributed by atoms with Gasteiger partial charge in [0.15, 0.2) is 0 Å². The minimum Gasteiger partial charge on any atom is -0.379 e. The molecule has 3 heterocycles. The van der Waals surface area contributed by atoms with Gasteiger partial charge < -0.3 is 14.6 Å². The highest BCUT2D eigenvalue weighted by atomic mass is 19.1. The number of ether oxygens (including phenoxy) is 1. The number of aromatic nitrogens is 2. The van der Waals surface area contributed by atoms with Gasteiger partial charge >= 0.3 is 0 Å². The molecule has 0 saturated carbocycles. The molecule has 2 saturated heterocycles. The minimum absolute atomic E-state index is 0.0462. The second-order valence-corrected chi connectivity index (χ2v) is 7.67. The topological polar surface area (TPSA) is 61.5 Å². The van der Waals surface area contributed by atoms with Crippen LogP contribution in [-0.4, -0.2) is 64.6 Å². The number of nitrogens with zero attached hydrogens (tertiary/aromatic N) is 3. The molecule has 2 aliphatic heterocycles. The van der Waals surface area contributed by atoms with Crippen LogP contribution in [0.4, 0.5) is 8.78 Å². The van der Waals surface area contributed by atoms with Crippen molar-refractivity contribution in [3.8, 4) is 0 Å². The molecule has 0 spiro atoms. The van der Waals surface area contributed by atoms with Crippen molar-refractivity contribution in [1.82, 2.24) is 19.8 Å². The quantitative estimate of drug-likeness (QED) is 0.866. The molecule has 150 valence electrons. The molecule has 2 aromatic rings. The van der Waals surface area contributed by atoms with E-state index in [1.807, 2.05) is 6.92 Å². The van der Waals surface area contributed by atoms with Crippen LogP contribution in [0.15, 0.2) is 24.5 Å². The van der Waals surface area contributed by atoms with Gasteiger partial charge in [0.2, 0.25) is 5.91 Å². The van der Waals surface area contributed by atoms with Crippen molar-refractivity contribution in [2.75, 3.05) is 32.8 Å². The molecule has 0 unspecified atom stereocenters. The van der Waals surface area contributed by atoms with E-state index < -0.39 is 11.6 Å². The highest BCUT2D eigenvalue weighted by Crippen LogP contribution is 2.23. The Labute approximate surface area is 162 Å². The predicted molar refractivity (Wildman–Crippen MR) is 98.5 cm³/mol. The lowest BCUT2D eigenvalue weighted by atomic mass is 10.1. The number of fused-ring (bicyclic) bond motifs is 3. The molecular weight excluding hydrogens is 366 g/mol. The zero-order chi connectivity index (χ0) is 19.7. The Hall–Kier alpha value is -2.32. The number of benzene rings is 1. The number of halogens is 2. The normalized spacial score (nSPS) is 22.9. The maximum atomic E-state index is 13.9. The van der Waals surface area contributed by atoms with Gasteiger partial charge in [-0.05, 0) is 25.1 Å². The van der Waals surface area contributed by atoms with Gasteiger partial charge in [0.25, 0.3) is 0 Å². The average Bonchev–Trinajstić information content (AvgIpc) is 2.85. The third kappa shape index (κ3) is 4.07. The first kappa shape index (κ1) is 19.0. The number of carbonyl (C=O) groups is 1. The molecule has 28 heavy (non-hydrogen) atoms. The van der Waals surface area contributed by atoms with Crippen LogP contribution in [0.2, 0.25) is 0 Å². The van der Waals surface area contributed by atoms with Crippen molar-refractivity contribution in [2.45, 2.75) is 25.9 Å². The monoisotopic (exact) mass is 390 g/mol. The van der Waals surface area contributed by atoms with E-state index in [9.17, 15) is 13.6 Å². The van der Waals surface area contributed by atoms with E-state index in [1.54, 1.807) is 11.2 Å². The summed E-state index contributed by atoms with van der Waals surface area (Å²) in [5, 5.41) is 0. The second kappa shape index (κ2) is 7.97. The number of H-pyrrole nitrogens is 1. The third-order valence-electron chi connectivity index (χ3n) is 5.57. The molecule has 6 nitrogen and oxygen atoms in total. The molecule has 1 N–H and O–H groups in total. The fourth-order valence-electron chi connectivity index (χ4n) is 4.02. The molecule has 2 bridgehead atoms. The van der Waals surface area contributed by atoms with Crippen molar-refractivity contribution < 1.29 is 18.3 Å². The van der Waals surface area contributed by atoms with Crippen molar-refractivity contribution in [3.63, 3.8) is 0 Å². The van der Waals surface area contributed by atoms with E-state index in [2.05, 4.69) is 14.9 Å². The van der Waals surface area contributed by atoms with Gasteiger partial charge in [-0.1, -0.05) is 0 Å². The first-order valence-electron chi connectivity index (χ1n) is 9.52. The van der Waals surface area contributed by atoms with Gasteiger partial charge in [-0.25, -0.2) is 13.8 Å². The number of hydrogen-bond donors (Lipinski definition) is 1. The summed E-state index contributed by atoms with van der Waals surface area (Å²) >= 11 is 0. The van der Waals surface area contributed by atoms with Crippen LogP contribution in [0.1, 0.15) is 17.0 Å². The summed E-state index contributed by atoms with van der Waals surface area (Å²) in [5.74, 6) is -1.10. The average molecular weight is 390 g/mol. The first-order valence-corrected chi connectivity index (χ1v) is 9.52. The molecular formula is C20H24F2N4O2. The highest BCUT2D eigenvalue weighted by molar-refractivity contribution is 5.79. The van der Waals surface area contributed by atoms with Gasteiger partial charge in [-0.15, -0.1) is 0 Å². The molecule has 0 aliphatic carbocycles. The number of aryl methyl sites for hydroxylation is 1. The number of amides is 1. The van der Waals surface area contributed by atoms with E-state index >= 15 is 0 Å². The van der Waals surface area contributed by atoms with Crippen LogP contribution in [0.5, 0.6) is 0 Å². The smallest absolute Gasteiger partial charge is 0.227 e. The molecule has 1 aromatic carbocycles. The van der Waals surface area contributed by atoms with Gasteiger partial charge in [0, 0.05) is 43.4 Å². The van der Waals surface area contributed by atoms with Crippen molar-refractivity contribution in [1.29, 1.82) is 0 Å². The van der Waals surface area contributed by atoms with Crippen LogP contribution in [0, 0.1) is 24.5 Å². The SMILES string of the molecule is Cc1[nH]cnc1CN1C[C@H]2COC[C@@H]1CN(C(=O)Cc1cc(F)ccc1F)C2. The number of imidazole rings is 1. The van der Waals surface area contributed by atoms with Gasteiger partial charge in [0.1, 0.15) is 11.6 Å².